The van der Waals surface area contributed by atoms with Crippen LogP contribution in [0.4, 0.5) is 32.3 Å². The van der Waals surface area contributed by atoms with Crippen LogP contribution in [0, 0.1) is 0 Å². The molecule has 5 rings (SSSR count). The van der Waals surface area contributed by atoms with Crippen LogP contribution in [0.1, 0.15) is 0 Å². The fraction of sp³-hybridized carbons (Fsp3) is 0. The number of nitrogens with one attached hydrogen (secondary N) is 4. The van der Waals surface area contributed by atoms with Crippen molar-refractivity contribution >= 4 is 92.3 Å². The minimum Gasteiger partial charge on any atom is -0.436 e. The van der Waals surface area contributed by atoms with E-state index in [9.17, 15) is 9.59 Å². The SMILES string of the molecule is O=C(Nc1ccc(-c2nc3ccc(NC(=O)Nc4ccc(Cl)c(Cl)c4)cc3o2)cc1)Nc1ccc(Cl)c(Cl)c1. The maximum absolute atomic E-state index is 12.4. The van der Waals surface area contributed by atoms with Crippen LogP contribution < -0.4 is 21.3 Å². The lowest BCUT2D eigenvalue weighted by atomic mass is 10.2. The van der Waals surface area contributed by atoms with Gasteiger partial charge >= 0.3 is 12.1 Å². The Morgan fingerprint density at radius 2 is 1.03 bits per heavy atom. The Kier molecular flexibility index (Phi) is 7.81. The van der Waals surface area contributed by atoms with Gasteiger partial charge in [-0.05, 0) is 72.8 Å². The Hall–Kier alpha value is -3.95. The van der Waals surface area contributed by atoms with Gasteiger partial charge in [0.1, 0.15) is 5.52 Å². The Morgan fingerprint density at radius 3 is 1.56 bits per heavy atom. The van der Waals surface area contributed by atoms with Gasteiger partial charge in [0.05, 0.1) is 20.1 Å². The van der Waals surface area contributed by atoms with Gasteiger partial charge in [0.15, 0.2) is 5.58 Å². The van der Waals surface area contributed by atoms with Gasteiger partial charge in [-0.15, -0.1) is 0 Å². The van der Waals surface area contributed by atoms with E-state index in [1.54, 1.807) is 78.9 Å². The van der Waals surface area contributed by atoms with E-state index < -0.39 is 12.1 Å². The van der Waals surface area contributed by atoms with Crippen molar-refractivity contribution in [3.8, 4) is 11.5 Å². The summed E-state index contributed by atoms with van der Waals surface area (Å²) < 4.78 is 5.91. The molecule has 0 aliphatic carbocycles. The molecule has 0 fully saturated rings. The molecule has 0 radical (unpaired) electrons. The molecule has 0 unspecified atom stereocenters. The lowest BCUT2D eigenvalue weighted by Crippen LogP contribution is -2.19. The predicted octanol–water partition coefficient (Wildman–Crippen LogP) is 9.40. The Labute approximate surface area is 242 Å². The van der Waals surface area contributed by atoms with E-state index in [-0.39, 0.29) is 0 Å². The molecule has 4 amide bonds. The third-order valence-corrected chi connectivity index (χ3v) is 6.87. The highest BCUT2D eigenvalue weighted by molar-refractivity contribution is 6.42. The summed E-state index contributed by atoms with van der Waals surface area (Å²) in [5.74, 6) is 0.384. The van der Waals surface area contributed by atoms with Crippen molar-refractivity contribution in [2.75, 3.05) is 21.3 Å². The van der Waals surface area contributed by atoms with E-state index in [4.69, 9.17) is 50.8 Å². The number of nitrogens with zero attached hydrogens (tertiary/aromatic N) is 1. The van der Waals surface area contributed by atoms with E-state index >= 15 is 0 Å². The minimum absolute atomic E-state index is 0.334. The summed E-state index contributed by atoms with van der Waals surface area (Å²) in [5.41, 5.74) is 3.88. The van der Waals surface area contributed by atoms with E-state index in [1.165, 1.54) is 0 Å². The van der Waals surface area contributed by atoms with Gasteiger partial charge < -0.3 is 25.7 Å². The molecule has 0 saturated carbocycles. The summed E-state index contributed by atoms with van der Waals surface area (Å²) in [7, 11) is 0. The second kappa shape index (κ2) is 11.4. The molecule has 0 aliphatic heterocycles. The van der Waals surface area contributed by atoms with Crippen molar-refractivity contribution in [3.05, 3.63) is 99.0 Å². The largest absolute Gasteiger partial charge is 0.436 e. The summed E-state index contributed by atoms with van der Waals surface area (Å²) in [5, 5.41) is 12.3. The summed E-state index contributed by atoms with van der Waals surface area (Å²) in [6.45, 7) is 0. The van der Waals surface area contributed by atoms with Crippen LogP contribution in [-0.4, -0.2) is 17.0 Å². The van der Waals surface area contributed by atoms with E-state index in [2.05, 4.69) is 26.3 Å². The molecule has 4 N–H and O–H groups in total. The van der Waals surface area contributed by atoms with Gasteiger partial charge in [-0.2, -0.15) is 0 Å². The van der Waals surface area contributed by atoms with Crippen molar-refractivity contribution in [3.63, 3.8) is 0 Å². The number of benzene rings is 4. The number of carbonyl (C=O) groups is 2. The molecule has 0 saturated heterocycles. The lowest BCUT2D eigenvalue weighted by Gasteiger charge is -2.08. The highest BCUT2D eigenvalue weighted by atomic mass is 35.5. The molecule has 0 aliphatic rings. The molecule has 5 aromatic rings. The second-order valence-corrected chi connectivity index (χ2v) is 9.82. The zero-order valence-electron chi connectivity index (χ0n) is 19.7. The second-order valence-electron chi connectivity index (χ2n) is 8.19. The number of rotatable bonds is 5. The Morgan fingerprint density at radius 1 is 0.564 bits per heavy atom. The minimum atomic E-state index is -0.459. The fourth-order valence-electron chi connectivity index (χ4n) is 3.56. The Balaban J connectivity index is 1.22. The van der Waals surface area contributed by atoms with Gasteiger partial charge in [-0.25, -0.2) is 14.6 Å². The van der Waals surface area contributed by atoms with Crippen LogP contribution in [0.25, 0.3) is 22.6 Å². The van der Waals surface area contributed by atoms with Crippen LogP contribution in [0.5, 0.6) is 0 Å². The summed E-state index contributed by atoms with van der Waals surface area (Å²) in [6.07, 6.45) is 0. The zero-order chi connectivity index (χ0) is 27.5. The van der Waals surface area contributed by atoms with Gasteiger partial charge in [0, 0.05) is 34.4 Å². The van der Waals surface area contributed by atoms with E-state index in [1.807, 2.05) is 0 Å². The molecular weight excluding hydrogens is 584 g/mol. The number of urea groups is 2. The summed E-state index contributed by atoms with van der Waals surface area (Å²) in [4.78, 5) is 29.2. The number of oxazole rings is 1. The Bertz CT molecular complexity index is 1710. The number of halogens is 4. The highest BCUT2D eigenvalue weighted by Gasteiger charge is 2.12. The maximum atomic E-state index is 12.4. The maximum Gasteiger partial charge on any atom is 0.323 e. The van der Waals surface area contributed by atoms with Crippen molar-refractivity contribution in [1.82, 2.24) is 4.98 Å². The van der Waals surface area contributed by atoms with Crippen molar-refractivity contribution in [2.45, 2.75) is 0 Å². The number of aromatic nitrogens is 1. The van der Waals surface area contributed by atoms with Gasteiger partial charge in [-0.3, -0.25) is 0 Å². The molecule has 1 heterocycles. The standard InChI is InChI=1S/C27H17Cl4N5O3/c28-19-8-5-16(11-21(19)30)33-26(37)32-15-3-1-14(2-4-15)25-36-23-10-7-18(13-24(23)39-25)35-27(38)34-17-6-9-20(29)22(31)12-17/h1-13H,(H2,32,33,37)(H2,34,35,38). The van der Waals surface area contributed by atoms with Crippen molar-refractivity contribution in [2.24, 2.45) is 0 Å². The third-order valence-electron chi connectivity index (χ3n) is 5.39. The normalized spacial score (nSPS) is 10.8. The molecule has 0 bridgehead atoms. The van der Waals surface area contributed by atoms with Gasteiger partial charge in [0.2, 0.25) is 5.89 Å². The van der Waals surface area contributed by atoms with Crippen LogP contribution in [0.3, 0.4) is 0 Å². The molecule has 0 spiro atoms. The first-order chi connectivity index (χ1) is 18.7. The van der Waals surface area contributed by atoms with E-state index in [0.29, 0.717) is 65.4 Å². The molecule has 12 heteroatoms. The quantitative estimate of drug-likeness (QED) is 0.161. The summed E-state index contributed by atoms with van der Waals surface area (Å²) in [6, 6.07) is 20.8. The smallest absolute Gasteiger partial charge is 0.323 e. The van der Waals surface area contributed by atoms with Crippen LogP contribution in [0.15, 0.2) is 83.3 Å². The molecule has 196 valence electrons. The topological polar surface area (TPSA) is 108 Å². The molecule has 4 aromatic carbocycles. The fourth-order valence-corrected chi connectivity index (χ4v) is 4.15. The molecular formula is C27H17Cl4N5O3. The van der Waals surface area contributed by atoms with Gasteiger partial charge in [0.25, 0.3) is 0 Å². The van der Waals surface area contributed by atoms with Crippen LogP contribution >= 0.6 is 46.4 Å². The number of hydrogen-bond donors (Lipinski definition) is 4. The average Bonchev–Trinajstić information content (AvgIpc) is 3.32. The summed E-state index contributed by atoms with van der Waals surface area (Å²) >= 11 is 23.8. The number of amides is 4. The molecule has 8 nitrogen and oxygen atoms in total. The van der Waals surface area contributed by atoms with Gasteiger partial charge in [-0.1, -0.05) is 46.4 Å². The van der Waals surface area contributed by atoms with Crippen LogP contribution in [0.2, 0.25) is 20.1 Å². The highest BCUT2D eigenvalue weighted by Crippen LogP contribution is 2.29. The first-order valence-corrected chi connectivity index (χ1v) is 12.8. The van der Waals surface area contributed by atoms with Crippen molar-refractivity contribution in [1.29, 1.82) is 0 Å². The lowest BCUT2D eigenvalue weighted by molar-refractivity contribution is 0.261. The number of anilines is 4. The number of carbonyl (C=O) groups excluding carboxylic acids is 2. The molecule has 39 heavy (non-hydrogen) atoms. The first kappa shape index (κ1) is 26.6. The number of fused-ring (bicyclic) bond motifs is 1. The van der Waals surface area contributed by atoms with E-state index in [0.717, 1.165) is 0 Å². The average molecular weight is 601 g/mol. The monoisotopic (exact) mass is 599 g/mol. The van der Waals surface area contributed by atoms with Crippen LogP contribution in [-0.2, 0) is 0 Å². The predicted molar refractivity (Wildman–Crippen MR) is 158 cm³/mol. The molecule has 0 atom stereocenters. The molecule has 1 aromatic heterocycles. The third kappa shape index (κ3) is 6.55. The first-order valence-electron chi connectivity index (χ1n) is 11.3. The zero-order valence-corrected chi connectivity index (χ0v) is 22.7. The van der Waals surface area contributed by atoms with Crippen molar-refractivity contribution < 1.29 is 14.0 Å². The number of hydrogen-bond acceptors (Lipinski definition) is 4.